The van der Waals surface area contributed by atoms with E-state index in [-0.39, 0.29) is 18.8 Å². The molecule has 2 rings (SSSR count). The number of benzene rings is 2. The maximum absolute atomic E-state index is 13.7. The third-order valence-corrected chi connectivity index (χ3v) is 3.95. The van der Waals surface area contributed by atoms with Gasteiger partial charge in [-0.3, -0.25) is 24.6 Å². The van der Waals surface area contributed by atoms with E-state index in [0.717, 1.165) is 6.07 Å². The lowest BCUT2D eigenvalue weighted by Gasteiger charge is -2.20. The number of non-ortho nitro benzene ring substituents is 1. The van der Waals surface area contributed by atoms with Crippen LogP contribution in [0.4, 0.5) is 30.2 Å². The predicted molar refractivity (Wildman–Crippen MR) is 103 cm³/mol. The SMILES string of the molecule is CCCN(CC(=O)Nc1ccc([N+](=O)[O-])cc1)CC(=O)Nc1ccc(F)c(F)c1F. The first-order valence-corrected chi connectivity index (χ1v) is 8.91. The molecule has 8 nitrogen and oxygen atoms in total. The molecule has 2 aromatic rings. The second-order valence-electron chi connectivity index (χ2n) is 6.33. The first-order chi connectivity index (χ1) is 14.2. The van der Waals surface area contributed by atoms with Gasteiger partial charge < -0.3 is 10.6 Å². The van der Waals surface area contributed by atoms with Crippen molar-refractivity contribution < 1.29 is 27.7 Å². The summed E-state index contributed by atoms with van der Waals surface area (Å²) in [5.74, 6) is -5.76. The number of nitro benzene ring substituents is 1. The largest absolute Gasteiger partial charge is 0.325 e. The van der Waals surface area contributed by atoms with Crippen molar-refractivity contribution in [3.63, 3.8) is 0 Å². The van der Waals surface area contributed by atoms with E-state index in [1.54, 1.807) is 0 Å². The van der Waals surface area contributed by atoms with Crippen molar-refractivity contribution >= 4 is 28.9 Å². The Kier molecular flexibility index (Phi) is 7.87. The molecular formula is C19H19F3N4O4. The smallest absolute Gasteiger partial charge is 0.269 e. The summed E-state index contributed by atoms with van der Waals surface area (Å²) in [6.07, 6.45) is 0.609. The number of carbonyl (C=O) groups excluding carboxylic acids is 2. The average Bonchev–Trinajstić information content (AvgIpc) is 2.69. The quantitative estimate of drug-likeness (QED) is 0.365. The molecule has 0 radical (unpaired) electrons. The summed E-state index contributed by atoms with van der Waals surface area (Å²) >= 11 is 0. The standard InChI is InChI=1S/C19H19F3N4O4/c1-2-9-25(10-16(27)23-12-3-5-13(6-4-12)26(29)30)11-17(28)24-15-8-7-14(20)18(21)19(15)22/h3-8H,2,9-11H2,1H3,(H,23,27)(H,24,28). The van der Waals surface area contributed by atoms with Crippen LogP contribution in [0, 0.1) is 27.6 Å². The second kappa shape index (κ2) is 10.3. The van der Waals surface area contributed by atoms with E-state index in [0.29, 0.717) is 24.7 Å². The van der Waals surface area contributed by atoms with E-state index in [1.807, 2.05) is 6.92 Å². The molecule has 0 aromatic heterocycles. The molecule has 0 atom stereocenters. The highest BCUT2D eigenvalue weighted by Gasteiger charge is 2.18. The van der Waals surface area contributed by atoms with Crippen molar-refractivity contribution in [3.8, 4) is 0 Å². The van der Waals surface area contributed by atoms with Gasteiger partial charge in [-0.15, -0.1) is 0 Å². The van der Waals surface area contributed by atoms with Gasteiger partial charge in [-0.05, 0) is 37.2 Å². The molecule has 0 saturated heterocycles. The normalized spacial score (nSPS) is 10.7. The van der Waals surface area contributed by atoms with Gasteiger partial charge in [0.2, 0.25) is 11.8 Å². The predicted octanol–water partition coefficient (Wildman–Crippen LogP) is 3.30. The van der Waals surface area contributed by atoms with Crippen LogP contribution in [0.2, 0.25) is 0 Å². The van der Waals surface area contributed by atoms with Crippen LogP contribution in [0.3, 0.4) is 0 Å². The Morgan fingerprint density at radius 3 is 2.13 bits per heavy atom. The fraction of sp³-hybridized carbons (Fsp3) is 0.263. The Labute approximate surface area is 169 Å². The molecule has 0 saturated carbocycles. The van der Waals surface area contributed by atoms with Gasteiger partial charge in [0, 0.05) is 17.8 Å². The van der Waals surface area contributed by atoms with Gasteiger partial charge in [0.15, 0.2) is 17.5 Å². The molecule has 0 heterocycles. The lowest BCUT2D eigenvalue weighted by atomic mass is 10.2. The summed E-state index contributed by atoms with van der Waals surface area (Å²) in [5.41, 5.74) is -0.289. The van der Waals surface area contributed by atoms with E-state index in [4.69, 9.17) is 0 Å². The first kappa shape index (κ1) is 22.8. The van der Waals surface area contributed by atoms with Crippen molar-refractivity contribution in [1.29, 1.82) is 0 Å². The Morgan fingerprint density at radius 1 is 0.967 bits per heavy atom. The van der Waals surface area contributed by atoms with Crippen LogP contribution in [-0.2, 0) is 9.59 Å². The van der Waals surface area contributed by atoms with E-state index in [1.165, 1.54) is 29.2 Å². The lowest BCUT2D eigenvalue weighted by Crippen LogP contribution is -2.39. The summed E-state index contributed by atoms with van der Waals surface area (Å²) in [6, 6.07) is 6.82. The van der Waals surface area contributed by atoms with Crippen LogP contribution in [-0.4, -0.2) is 41.3 Å². The lowest BCUT2D eigenvalue weighted by molar-refractivity contribution is -0.384. The first-order valence-electron chi connectivity index (χ1n) is 8.91. The minimum atomic E-state index is -1.69. The van der Waals surface area contributed by atoms with Gasteiger partial charge in [-0.1, -0.05) is 6.92 Å². The van der Waals surface area contributed by atoms with Crippen molar-refractivity contribution in [3.05, 3.63) is 64.0 Å². The van der Waals surface area contributed by atoms with Crippen LogP contribution >= 0.6 is 0 Å². The molecule has 11 heteroatoms. The molecule has 0 aliphatic rings. The molecular weight excluding hydrogens is 405 g/mol. The summed E-state index contributed by atoms with van der Waals surface area (Å²) in [7, 11) is 0. The van der Waals surface area contributed by atoms with E-state index in [2.05, 4.69) is 10.6 Å². The van der Waals surface area contributed by atoms with E-state index >= 15 is 0 Å². The second-order valence-corrected chi connectivity index (χ2v) is 6.33. The molecule has 2 amide bonds. The zero-order valence-corrected chi connectivity index (χ0v) is 16.0. The minimum Gasteiger partial charge on any atom is -0.325 e. The Morgan fingerprint density at radius 2 is 1.57 bits per heavy atom. The molecule has 160 valence electrons. The summed E-state index contributed by atoms with van der Waals surface area (Å²) < 4.78 is 39.9. The molecule has 2 N–H and O–H groups in total. The summed E-state index contributed by atoms with van der Waals surface area (Å²) in [6.45, 7) is 1.72. The molecule has 0 fully saturated rings. The van der Waals surface area contributed by atoms with Crippen molar-refractivity contribution in [2.45, 2.75) is 13.3 Å². The molecule has 30 heavy (non-hydrogen) atoms. The molecule has 0 bridgehead atoms. The Bertz CT molecular complexity index is 938. The fourth-order valence-corrected chi connectivity index (χ4v) is 2.62. The average molecular weight is 424 g/mol. The molecule has 0 aliphatic heterocycles. The summed E-state index contributed by atoms with van der Waals surface area (Å²) in [5, 5.41) is 15.4. The number of nitro groups is 1. The number of rotatable bonds is 9. The number of hydrogen-bond donors (Lipinski definition) is 2. The van der Waals surface area contributed by atoms with Crippen LogP contribution < -0.4 is 10.6 Å². The van der Waals surface area contributed by atoms with Crippen molar-refractivity contribution in [2.75, 3.05) is 30.3 Å². The fourth-order valence-electron chi connectivity index (χ4n) is 2.62. The zero-order chi connectivity index (χ0) is 22.3. The number of halogens is 3. The number of nitrogens with zero attached hydrogens (tertiary/aromatic N) is 2. The number of nitrogens with one attached hydrogen (secondary N) is 2. The van der Waals surface area contributed by atoms with Gasteiger partial charge in [0.1, 0.15) is 0 Å². The maximum Gasteiger partial charge on any atom is 0.269 e. The third kappa shape index (κ3) is 6.27. The zero-order valence-electron chi connectivity index (χ0n) is 16.0. The highest BCUT2D eigenvalue weighted by atomic mass is 19.2. The van der Waals surface area contributed by atoms with E-state index in [9.17, 15) is 32.9 Å². The highest BCUT2D eigenvalue weighted by molar-refractivity contribution is 5.94. The monoisotopic (exact) mass is 424 g/mol. The van der Waals surface area contributed by atoms with Crippen LogP contribution in [0.25, 0.3) is 0 Å². The maximum atomic E-state index is 13.7. The molecule has 0 unspecified atom stereocenters. The Hall–Kier alpha value is -3.47. The number of hydrogen-bond acceptors (Lipinski definition) is 5. The van der Waals surface area contributed by atoms with E-state index < -0.39 is 39.9 Å². The topological polar surface area (TPSA) is 105 Å². The summed E-state index contributed by atoms with van der Waals surface area (Å²) in [4.78, 5) is 35.9. The van der Waals surface area contributed by atoms with Gasteiger partial charge >= 0.3 is 0 Å². The number of anilines is 2. The van der Waals surface area contributed by atoms with Gasteiger partial charge in [0.25, 0.3) is 5.69 Å². The van der Waals surface area contributed by atoms with Crippen LogP contribution in [0.1, 0.15) is 13.3 Å². The number of amides is 2. The third-order valence-electron chi connectivity index (χ3n) is 3.95. The van der Waals surface area contributed by atoms with Crippen LogP contribution in [0.15, 0.2) is 36.4 Å². The van der Waals surface area contributed by atoms with Gasteiger partial charge in [0.05, 0.1) is 23.7 Å². The van der Waals surface area contributed by atoms with Crippen LogP contribution in [0.5, 0.6) is 0 Å². The highest BCUT2D eigenvalue weighted by Crippen LogP contribution is 2.19. The molecule has 0 spiro atoms. The minimum absolute atomic E-state index is 0.123. The van der Waals surface area contributed by atoms with Crippen molar-refractivity contribution in [1.82, 2.24) is 4.90 Å². The van der Waals surface area contributed by atoms with Crippen molar-refractivity contribution in [2.24, 2.45) is 0 Å². The van der Waals surface area contributed by atoms with Gasteiger partial charge in [-0.25, -0.2) is 13.2 Å². The van der Waals surface area contributed by atoms with Gasteiger partial charge in [-0.2, -0.15) is 0 Å². The molecule has 2 aromatic carbocycles. The molecule has 0 aliphatic carbocycles. The number of carbonyl (C=O) groups is 2. The Balaban J connectivity index is 1.96.